The van der Waals surface area contributed by atoms with Crippen molar-refractivity contribution in [2.24, 2.45) is 0 Å². The Labute approximate surface area is 230 Å². The number of carbonyl (C=O) groups is 2. The largest absolute Gasteiger partial charge is 0.479 e. The summed E-state index contributed by atoms with van der Waals surface area (Å²) >= 11 is 0. The van der Waals surface area contributed by atoms with Crippen molar-refractivity contribution in [1.29, 1.82) is 0 Å². The van der Waals surface area contributed by atoms with E-state index in [0.29, 0.717) is 18.2 Å². The van der Waals surface area contributed by atoms with Crippen molar-refractivity contribution in [2.45, 2.75) is 36.8 Å². The van der Waals surface area contributed by atoms with Gasteiger partial charge in [0, 0.05) is 18.9 Å². The molecular weight excluding hydrogens is 656 g/mol. The van der Waals surface area contributed by atoms with Gasteiger partial charge in [-0.25, -0.2) is 18.0 Å². The number of carbonyl (C=O) groups excluding carboxylic acids is 1. The number of hydrogen-bond acceptors (Lipinski definition) is 16. The van der Waals surface area contributed by atoms with Crippen molar-refractivity contribution >= 4 is 59.6 Å². The van der Waals surface area contributed by atoms with Gasteiger partial charge in [0.15, 0.2) is 17.1 Å². The van der Waals surface area contributed by atoms with E-state index in [1.54, 1.807) is 0 Å². The van der Waals surface area contributed by atoms with E-state index in [9.17, 15) is 53.5 Å². The van der Waals surface area contributed by atoms with Crippen molar-refractivity contribution in [1.82, 2.24) is 0 Å². The second kappa shape index (κ2) is 12.1. The molecule has 1 aromatic rings. The Morgan fingerprint density at radius 2 is 1.29 bits per heavy atom. The molecule has 1 aliphatic rings. The molecule has 1 saturated carbocycles. The fourth-order valence-electron chi connectivity index (χ4n) is 3.36. The smallest absolute Gasteiger partial charge is 0.446 e. The third-order valence-electron chi connectivity index (χ3n) is 4.72. The predicted octanol–water partition coefficient (Wildman–Crippen LogP) is -2.04. The molecule has 4 atom stereocenters. The summed E-state index contributed by atoms with van der Waals surface area (Å²) < 4.78 is 146. The van der Waals surface area contributed by atoms with Gasteiger partial charge in [0.2, 0.25) is 0 Å². The third-order valence-corrected chi connectivity index (χ3v) is 6.46. The van der Waals surface area contributed by atoms with Crippen molar-refractivity contribution in [3.8, 4) is 11.5 Å². The Morgan fingerprint density at radius 1 is 0.780 bits per heavy atom. The zero-order valence-electron chi connectivity index (χ0n) is 19.5. The second-order valence-electron chi connectivity index (χ2n) is 7.83. The molecule has 0 aromatic heterocycles. The molecule has 1 aliphatic carbocycles. The maximum atomic E-state index is 12.4. The van der Waals surface area contributed by atoms with Gasteiger partial charge < -0.3 is 23.3 Å². The van der Waals surface area contributed by atoms with E-state index in [1.165, 1.54) is 0 Å². The summed E-state index contributed by atoms with van der Waals surface area (Å²) in [6, 6.07) is 2.29. The number of rotatable bonds is 12. The lowest BCUT2D eigenvalue weighted by atomic mass is 9.79. The van der Waals surface area contributed by atoms with Crippen LogP contribution in [-0.4, -0.2) is 97.9 Å². The molecule has 0 aliphatic heterocycles. The van der Waals surface area contributed by atoms with Gasteiger partial charge in [-0.3, -0.25) is 18.2 Å². The predicted molar refractivity (Wildman–Crippen MR) is 124 cm³/mol. The maximum absolute atomic E-state index is 12.4. The van der Waals surface area contributed by atoms with Crippen LogP contribution in [0, 0.1) is 0 Å². The van der Waals surface area contributed by atoms with Crippen LogP contribution in [0.5, 0.6) is 11.5 Å². The zero-order valence-corrected chi connectivity index (χ0v) is 22.7. The molecule has 25 heteroatoms. The summed E-state index contributed by atoms with van der Waals surface area (Å²) in [5.41, 5.74) is -3.18. The summed E-state index contributed by atoms with van der Waals surface area (Å²) in [5, 5.41) is 19.7. The number of carboxylic acids is 1. The van der Waals surface area contributed by atoms with Gasteiger partial charge in [0.25, 0.3) is 0 Å². The Hall–Kier alpha value is -2.98. The monoisotopic (exact) mass is 674 g/mol. The minimum atomic E-state index is -5.48. The van der Waals surface area contributed by atoms with Crippen molar-refractivity contribution < 1.29 is 93.2 Å². The van der Waals surface area contributed by atoms with E-state index in [1.807, 2.05) is 0 Å². The van der Waals surface area contributed by atoms with Crippen LogP contribution < -0.4 is 8.37 Å². The molecule has 0 spiro atoms. The van der Waals surface area contributed by atoms with E-state index in [0.717, 1.165) is 12.1 Å². The first-order valence-corrected chi connectivity index (χ1v) is 15.5. The molecule has 1 fully saturated rings. The Kier molecular flexibility index (Phi) is 10.1. The summed E-state index contributed by atoms with van der Waals surface area (Å²) in [6.45, 7) is 0. The highest BCUT2D eigenvalue weighted by Crippen LogP contribution is 2.36. The lowest BCUT2D eigenvalue weighted by Gasteiger charge is -2.41. The molecule has 232 valence electrons. The van der Waals surface area contributed by atoms with E-state index in [2.05, 4.69) is 16.7 Å². The number of aliphatic hydroxyl groups is 1. The molecule has 21 nitrogen and oxygen atoms in total. The van der Waals surface area contributed by atoms with Crippen molar-refractivity contribution in [3.05, 3.63) is 29.8 Å². The molecule has 0 saturated heterocycles. The summed E-state index contributed by atoms with van der Waals surface area (Å²) in [4.78, 5) is 24.0. The Morgan fingerprint density at radius 3 is 1.78 bits per heavy atom. The zero-order chi connectivity index (χ0) is 31.6. The molecule has 0 amide bonds. The number of hydrogen-bond donors (Lipinski definition) is 6. The van der Waals surface area contributed by atoms with Crippen LogP contribution in [-0.2, 0) is 64.3 Å². The van der Waals surface area contributed by atoms with Crippen LogP contribution >= 0.6 is 0 Å². The SMILES string of the molecule is O=C(/C=C/c1ccc(OS(=O)(=O)O)c(OS(=O)(=O)O)c1)O[C@@H]1C[C@](O)(C(=O)O)C[C@@H](OS(=O)(=O)O)[C@H]1OS(=O)(=O)O. The normalized spacial score (nSPS) is 24.1. The van der Waals surface area contributed by atoms with Crippen LogP contribution in [0.15, 0.2) is 24.3 Å². The van der Waals surface area contributed by atoms with Crippen LogP contribution in [0.2, 0.25) is 0 Å². The Bertz CT molecular complexity index is 1640. The van der Waals surface area contributed by atoms with E-state index in [-0.39, 0.29) is 5.56 Å². The fourth-order valence-corrected chi connectivity index (χ4v) is 5.10. The molecule has 0 radical (unpaired) electrons. The van der Waals surface area contributed by atoms with Gasteiger partial charge >= 0.3 is 53.5 Å². The number of esters is 1. The average Bonchev–Trinajstić information content (AvgIpc) is 2.72. The van der Waals surface area contributed by atoms with E-state index >= 15 is 0 Å². The average molecular weight is 675 g/mol. The first-order chi connectivity index (χ1) is 18.4. The number of carboxylic acid groups (broad SMARTS) is 1. The van der Waals surface area contributed by atoms with Crippen molar-refractivity contribution in [2.75, 3.05) is 0 Å². The highest BCUT2D eigenvalue weighted by Gasteiger charge is 2.54. The van der Waals surface area contributed by atoms with Crippen LogP contribution in [0.25, 0.3) is 6.08 Å². The van der Waals surface area contributed by atoms with E-state index in [4.69, 9.17) is 22.9 Å². The first-order valence-electron chi connectivity index (χ1n) is 9.99. The highest BCUT2D eigenvalue weighted by molar-refractivity contribution is 7.81. The molecule has 0 unspecified atom stereocenters. The molecule has 0 bridgehead atoms. The molecule has 0 heterocycles. The second-order valence-corrected chi connectivity index (χ2v) is 12.0. The van der Waals surface area contributed by atoms with Crippen LogP contribution in [0.3, 0.4) is 0 Å². The number of benzene rings is 1. The molecule has 1 aromatic carbocycles. The molecule has 41 heavy (non-hydrogen) atoms. The fraction of sp³-hybridized carbons (Fsp3) is 0.375. The summed E-state index contributed by atoms with van der Waals surface area (Å²) in [5.74, 6) is -5.50. The van der Waals surface area contributed by atoms with Gasteiger partial charge in [-0.05, 0) is 23.8 Å². The van der Waals surface area contributed by atoms with E-state index < -0.39 is 102 Å². The summed E-state index contributed by atoms with van der Waals surface area (Å²) in [7, 11) is -21.4. The van der Waals surface area contributed by atoms with Gasteiger partial charge in [-0.2, -0.15) is 33.7 Å². The van der Waals surface area contributed by atoms with Gasteiger partial charge in [-0.15, -0.1) is 0 Å². The minimum Gasteiger partial charge on any atom is -0.479 e. The highest BCUT2D eigenvalue weighted by atomic mass is 32.3. The third kappa shape index (κ3) is 11.4. The maximum Gasteiger partial charge on any atom is 0.446 e. The number of ether oxygens (including phenoxy) is 1. The summed E-state index contributed by atoms with van der Waals surface area (Å²) in [6.07, 6.45) is -8.04. The van der Waals surface area contributed by atoms with Crippen LogP contribution in [0.1, 0.15) is 18.4 Å². The van der Waals surface area contributed by atoms with Gasteiger partial charge in [0.1, 0.15) is 18.3 Å². The molecule has 6 N–H and O–H groups in total. The van der Waals surface area contributed by atoms with Crippen molar-refractivity contribution in [3.63, 3.8) is 0 Å². The quantitative estimate of drug-likeness (QED) is 0.0789. The standard InChI is InChI=1S/C16H18O21S4/c17-13(4-2-8-1-3-9(34-38(21,22)23)10(5-8)35-39(24,25)26)33-11-6-16(20,15(18)19)7-12(36-40(27,28)29)14(11)37-41(30,31)32/h1-5,11-12,14,20H,6-7H2,(H,18,19)(H,21,22,23)(H,24,25,26)(H,27,28,29)(H,30,31,32)/b4-2+/t11-,12-,14+,16-/m1/s1. The first kappa shape index (κ1) is 34.2. The van der Waals surface area contributed by atoms with Gasteiger partial charge in [0.05, 0.1) is 0 Å². The Balaban J connectivity index is 2.42. The molecular formula is C16H18O21S4. The van der Waals surface area contributed by atoms with Gasteiger partial charge in [-0.1, -0.05) is 6.07 Å². The lowest BCUT2D eigenvalue weighted by Crippen LogP contribution is -2.59. The number of aliphatic carboxylic acids is 1. The lowest BCUT2D eigenvalue weighted by molar-refractivity contribution is -0.190. The minimum absolute atomic E-state index is 0.229. The van der Waals surface area contributed by atoms with Crippen LogP contribution in [0.4, 0.5) is 0 Å². The topological polar surface area (TPSA) is 338 Å². The molecule has 2 rings (SSSR count).